The Morgan fingerprint density at radius 3 is 2.55 bits per heavy atom. The predicted octanol–water partition coefficient (Wildman–Crippen LogP) is 3.07. The van der Waals surface area contributed by atoms with Crippen LogP contribution in [0.3, 0.4) is 0 Å². The summed E-state index contributed by atoms with van der Waals surface area (Å²) in [7, 11) is 1.72. The van der Waals surface area contributed by atoms with Gasteiger partial charge in [0.1, 0.15) is 13.2 Å². The summed E-state index contributed by atoms with van der Waals surface area (Å²) in [5.41, 5.74) is 8.31. The van der Waals surface area contributed by atoms with Crippen molar-refractivity contribution in [2.75, 3.05) is 69.3 Å². The SMILES string of the molecule is CN=C(N)N(CCCN1CCN(c2ccccc2Cl)CC1)c1ccc2c(c1)OCCO2. The van der Waals surface area contributed by atoms with E-state index in [2.05, 4.69) is 20.9 Å². The van der Waals surface area contributed by atoms with Gasteiger partial charge in [-0.15, -0.1) is 0 Å². The van der Waals surface area contributed by atoms with Gasteiger partial charge in [0.05, 0.1) is 10.7 Å². The number of ether oxygens (including phenoxy) is 2. The molecule has 2 heterocycles. The number of fused-ring (bicyclic) bond motifs is 1. The maximum absolute atomic E-state index is 6.36. The molecule has 2 aliphatic heterocycles. The van der Waals surface area contributed by atoms with Crippen molar-refractivity contribution in [3.8, 4) is 11.5 Å². The second-order valence-electron chi connectivity index (χ2n) is 7.70. The molecule has 0 amide bonds. The quantitative estimate of drug-likeness (QED) is 0.546. The number of hydrogen-bond donors (Lipinski definition) is 1. The van der Waals surface area contributed by atoms with Crippen molar-refractivity contribution < 1.29 is 9.47 Å². The molecule has 0 unspecified atom stereocenters. The summed E-state index contributed by atoms with van der Waals surface area (Å²) >= 11 is 6.36. The number of nitrogens with two attached hydrogens (primary N) is 1. The van der Waals surface area contributed by atoms with E-state index in [0.717, 1.165) is 73.6 Å². The molecular formula is C23H30ClN5O2. The number of guanidine groups is 1. The highest BCUT2D eigenvalue weighted by Crippen LogP contribution is 2.34. The summed E-state index contributed by atoms with van der Waals surface area (Å²) < 4.78 is 11.4. The molecule has 1 saturated heterocycles. The van der Waals surface area contributed by atoms with Crippen LogP contribution in [0.1, 0.15) is 6.42 Å². The molecular weight excluding hydrogens is 414 g/mol. The minimum Gasteiger partial charge on any atom is -0.486 e. The molecule has 0 aromatic heterocycles. The fraction of sp³-hybridized carbons (Fsp3) is 0.435. The molecule has 7 nitrogen and oxygen atoms in total. The van der Waals surface area contributed by atoms with E-state index in [4.69, 9.17) is 26.8 Å². The van der Waals surface area contributed by atoms with Crippen molar-refractivity contribution in [3.05, 3.63) is 47.5 Å². The summed E-state index contributed by atoms with van der Waals surface area (Å²) in [5.74, 6) is 2.03. The molecule has 0 aliphatic carbocycles. The van der Waals surface area contributed by atoms with Crippen LogP contribution >= 0.6 is 11.6 Å². The molecule has 8 heteroatoms. The van der Waals surface area contributed by atoms with E-state index in [-0.39, 0.29) is 0 Å². The molecule has 0 saturated carbocycles. The van der Waals surface area contributed by atoms with Crippen LogP contribution in [0.2, 0.25) is 5.02 Å². The first-order valence-corrected chi connectivity index (χ1v) is 11.1. The Hall–Kier alpha value is -2.64. The van der Waals surface area contributed by atoms with Gasteiger partial charge in [-0.2, -0.15) is 0 Å². The first-order chi connectivity index (χ1) is 15.2. The number of aliphatic imine (C=N–C) groups is 1. The van der Waals surface area contributed by atoms with Gasteiger partial charge in [0.2, 0.25) is 0 Å². The van der Waals surface area contributed by atoms with Crippen LogP contribution in [-0.2, 0) is 0 Å². The Morgan fingerprint density at radius 2 is 1.81 bits per heavy atom. The van der Waals surface area contributed by atoms with E-state index in [1.54, 1.807) is 7.05 Å². The van der Waals surface area contributed by atoms with E-state index in [1.165, 1.54) is 0 Å². The number of para-hydroxylation sites is 1. The average molecular weight is 444 g/mol. The van der Waals surface area contributed by atoms with Crippen LogP contribution in [0.25, 0.3) is 0 Å². The van der Waals surface area contributed by atoms with Crippen LogP contribution in [0, 0.1) is 0 Å². The lowest BCUT2D eigenvalue weighted by Crippen LogP contribution is -2.47. The van der Waals surface area contributed by atoms with E-state index < -0.39 is 0 Å². The molecule has 166 valence electrons. The number of rotatable bonds is 6. The average Bonchev–Trinajstić information content (AvgIpc) is 2.82. The van der Waals surface area contributed by atoms with Gasteiger partial charge in [-0.3, -0.25) is 9.89 Å². The van der Waals surface area contributed by atoms with Crippen molar-refractivity contribution in [3.63, 3.8) is 0 Å². The Balaban J connectivity index is 1.31. The van der Waals surface area contributed by atoms with Gasteiger partial charge in [0, 0.05) is 51.5 Å². The number of hydrogen-bond acceptors (Lipinski definition) is 5. The van der Waals surface area contributed by atoms with Crippen LogP contribution in [0.5, 0.6) is 11.5 Å². The second kappa shape index (κ2) is 10.1. The van der Waals surface area contributed by atoms with Crippen molar-refractivity contribution in [2.24, 2.45) is 10.7 Å². The monoisotopic (exact) mass is 443 g/mol. The van der Waals surface area contributed by atoms with Gasteiger partial charge in [-0.05, 0) is 37.2 Å². The van der Waals surface area contributed by atoms with Gasteiger partial charge in [0.15, 0.2) is 17.5 Å². The highest BCUT2D eigenvalue weighted by atomic mass is 35.5. The smallest absolute Gasteiger partial charge is 0.195 e. The summed E-state index contributed by atoms with van der Waals surface area (Å²) in [6.07, 6.45) is 0.983. The van der Waals surface area contributed by atoms with E-state index in [1.807, 2.05) is 41.3 Å². The van der Waals surface area contributed by atoms with Gasteiger partial charge in [-0.25, -0.2) is 0 Å². The number of halogens is 1. The molecule has 2 aliphatic rings. The van der Waals surface area contributed by atoms with Crippen molar-refractivity contribution in [1.29, 1.82) is 0 Å². The molecule has 0 atom stereocenters. The molecule has 2 N–H and O–H groups in total. The molecule has 0 spiro atoms. The molecule has 1 fully saturated rings. The Bertz CT molecular complexity index is 915. The standard InChI is InChI=1S/C23H30ClN5O2/c1-26-23(25)29(18-7-8-21-22(17-18)31-16-15-30-21)10-4-9-27-11-13-28(14-12-27)20-6-3-2-5-19(20)24/h2-3,5-8,17H,4,9-16H2,1H3,(H2,25,26). The minimum atomic E-state index is 0.500. The topological polar surface area (TPSA) is 66.6 Å². The van der Waals surface area contributed by atoms with Crippen molar-refractivity contribution >= 4 is 28.9 Å². The highest BCUT2D eigenvalue weighted by molar-refractivity contribution is 6.33. The van der Waals surface area contributed by atoms with Crippen LogP contribution in [-0.4, -0.2) is 70.4 Å². The van der Waals surface area contributed by atoms with Gasteiger partial charge >= 0.3 is 0 Å². The molecule has 4 rings (SSSR count). The van der Waals surface area contributed by atoms with Crippen molar-refractivity contribution in [2.45, 2.75) is 6.42 Å². The minimum absolute atomic E-state index is 0.500. The summed E-state index contributed by atoms with van der Waals surface area (Å²) in [6, 6.07) is 14.0. The van der Waals surface area contributed by atoms with Gasteiger partial charge in [-0.1, -0.05) is 23.7 Å². The third-order valence-electron chi connectivity index (χ3n) is 5.76. The lowest BCUT2D eigenvalue weighted by molar-refractivity contribution is 0.171. The number of piperazine rings is 1. The molecule has 0 bridgehead atoms. The fourth-order valence-corrected chi connectivity index (χ4v) is 4.32. The summed E-state index contributed by atoms with van der Waals surface area (Å²) in [6.45, 7) is 6.94. The normalized spacial score (nSPS) is 17.0. The summed E-state index contributed by atoms with van der Waals surface area (Å²) in [4.78, 5) is 11.1. The van der Waals surface area contributed by atoms with Crippen molar-refractivity contribution in [1.82, 2.24) is 4.90 Å². The Labute approximate surface area is 189 Å². The molecule has 2 aromatic carbocycles. The Morgan fingerprint density at radius 1 is 1.06 bits per heavy atom. The molecule has 31 heavy (non-hydrogen) atoms. The highest BCUT2D eigenvalue weighted by Gasteiger charge is 2.20. The first kappa shape index (κ1) is 21.6. The maximum atomic E-state index is 6.36. The zero-order chi connectivity index (χ0) is 21.6. The van der Waals surface area contributed by atoms with Crippen LogP contribution in [0.4, 0.5) is 11.4 Å². The number of anilines is 2. The largest absolute Gasteiger partial charge is 0.486 e. The Kier molecular flexibility index (Phi) is 7.04. The van der Waals surface area contributed by atoms with Crippen LogP contribution < -0.4 is 25.0 Å². The fourth-order valence-electron chi connectivity index (χ4n) is 4.07. The zero-order valence-corrected chi connectivity index (χ0v) is 18.7. The third-order valence-corrected chi connectivity index (χ3v) is 6.08. The van der Waals surface area contributed by atoms with E-state index in [9.17, 15) is 0 Å². The molecule has 2 aromatic rings. The summed E-state index contributed by atoms with van der Waals surface area (Å²) in [5, 5.41) is 0.820. The first-order valence-electron chi connectivity index (χ1n) is 10.8. The van der Waals surface area contributed by atoms with Crippen LogP contribution in [0.15, 0.2) is 47.5 Å². The third kappa shape index (κ3) is 5.17. The van der Waals surface area contributed by atoms with Gasteiger partial charge < -0.3 is 25.0 Å². The van der Waals surface area contributed by atoms with E-state index in [0.29, 0.717) is 19.2 Å². The predicted molar refractivity (Wildman–Crippen MR) is 127 cm³/mol. The number of nitrogens with zero attached hydrogens (tertiary/aromatic N) is 4. The number of benzene rings is 2. The second-order valence-corrected chi connectivity index (χ2v) is 8.10. The lowest BCUT2D eigenvalue weighted by Gasteiger charge is -2.36. The van der Waals surface area contributed by atoms with Gasteiger partial charge in [0.25, 0.3) is 0 Å². The zero-order valence-electron chi connectivity index (χ0n) is 18.0. The lowest BCUT2D eigenvalue weighted by atomic mass is 10.2. The van der Waals surface area contributed by atoms with E-state index >= 15 is 0 Å². The maximum Gasteiger partial charge on any atom is 0.195 e. The molecule has 0 radical (unpaired) electrons.